The van der Waals surface area contributed by atoms with Crippen LogP contribution in [0, 0.1) is 13.8 Å². The molecule has 0 spiro atoms. The Bertz CT molecular complexity index is 739. The quantitative estimate of drug-likeness (QED) is 0.770. The lowest BCUT2D eigenvalue weighted by molar-refractivity contribution is -0.131. The van der Waals surface area contributed by atoms with Crippen molar-refractivity contribution in [2.75, 3.05) is 47.4 Å². The Morgan fingerprint density at radius 3 is 2.20 bits per heavy atom. The van der Waals surface area contributed by atoms with Crippen molar-refractivity contribution in [2.24, 2.45) is 0 Å². The van der Waals surface area contributed by atoms with Crippen molar-refractivity contribution in [3.8, 4) is 5.75 Å². The lowest BCUT2D eigenvalue weighted by Crippen LogP contribution is -2.53. The molecule has 0 N–H and O–H groups in total. The Balaban J connectivity index is 2.04. The van der Waals surface area contributed by atoms with E-state index >= 15 is 0 Å². The zero-order valence-electron chi connectivity index (χ0n) is 15.6. The molecule has 0 aliphatic carbocycles. The van der Waals surface area contributed by atoms with Crippen LogP contribution in [0.2, 0.25) is 0 Å². The summed E-state index contributed by atoms with van der Waals surface area (Å²) in [5, 5.41) is 0. The van der Waals surface area contributed by atoms with E-state index < -0.39 is 10.2 Å². The summed E-state index contributed by atoms with van der Waals surface area (Å²) in [5.41, 5.74) is 3.10. The van der Waals surface area contributed by atoms with E-state index in [-0.39, 0.29) is 12.3 Å². The van der Waals surface area contributed by atoms with E-state index in [9.17, 15) is 13.2 Å². The molecule has 1 aromatic rings. The summed E-state index contributed by atoms with van der Waals surface area (Å²) in [4.78, 5) is 14.3. The van der Waals surface area contributed by atoms with Crippen LogP contribution in [-0.4, -0.2) is 75.2 Å². The average molecular weight is 369 g/mol. The van der Waals surface area contributed by atoms with Gasteiger partial charge in [0.15, 0.2) is 0 Å². The number of carbonyl (C=O) groups is 1. The zero-order valence-corrected chi connectivity index (χ0v) is 16.4. The Morgan fingerprint density at radius 2 is 1.68 bits per heavy atom. The molecular formula is C17H27N3O4S. The molecule has 0 atom stereocenters. The highest BCUT2D eigenvalue weighted by Crippen LogP contribution is 2.24. The van der Waals surface area contributed by atoms with Crippen LogP contribution < -0.4 is 4.74 Å². The fourth-order valence-electron chi connectivity index (χ4n) is 2.85. The number of piperazine rings is 1. The number of aryl methyl sites for hydroxylation is 2. The third kappa shape index (κ3) is 4.31. The van der Waals surface area contributed by atoms with E-state index in [4.69, 9.17) is 4.74 Å². The predicted molar refractivity (Wildman–Crippen MR) is 96.9 cm³/mol. The molecule has 0 saturated carbocycles. The van der Waals surface area contributed by atoms with Crippen LogP contribution >= 0.6 is 0 Å². The lowest BCUT2D eigenvalue weighted by atomic mass is 10.0. The maximum absolute atomic E-state index is 12.6. The molecule has 0 unspecified atom stereocenters. The van der Waals surface area contributed by atoms with Gasteiger partial charge < -0.3 is 9.64 Å². The van der Waals surface area contributed by atoms with Crippen molar-refractivity contribution in [3.63, 3.8) is 0 Å². The molecule has 1 saturated heterocycles. The Hall–Kier alpha value is -1.64. The van der Waals surface area contributed by atoms with E-state index in [1.54, 1.807) is 12.0 Å². The Labute approximate surface area is 150 Å². The van der Waals surface area contributed by atoms with Crippen LogP contribution in [-0.2, 0) is 21.4 Å². The molecule has 1 fully saturated rings. The van der Waals surface area contributed by atoms with Gasteiger partial charge in [-0.1, -0.05) is 6.07 Å². The van der Waals surface area contributed by atoms with Gasteiger partial charge in [0.1, 0.15) is 5.75 Å². The molecule has 2 rings (SSSR count). The number of carbonyl (C=O) groups excluding carboxylic acids is 1. The highest BCUT2D eigenvalue weighted by atomic mass is 32.2. The lowest BCUT2D eigenvalue weighted by Gasteiger charge is -2.35. The van der Waals surface area contributed by atoms with Crippen molar-refractivity contribution >= 4 is 16.1 Å². The summed E-state index contributed by atoms with van der Waals surface area (Å²) >= 11 is 0. The van der Waals surface area contributed by atoms with Gasteiger partial charge in [-0.2, -0.15) is 17.0 Å². The van der Waals surface area contributed by atoms with Gasteiger partial charge in [-0.25, -0.2) is 0 Å². The van der Waals surface area contributed by atoms with Gasteiger partial charge in [0.25, 0.3) is 10.2 Å². The molecular weight excluding hydrogens is 342 g/mol. The SMILES string of the molecule is COc1cc(C)c(C)cc1CC(=O)N1CCN(S(=O)(=O)N(C)C)CC1. The summed E-state index contributed by atoms with van der Waals surface area (Å²) < 4.78 is 32.3. The molecule has 1 amide bonds. The number of benzene rings is 1. The van der Waals surface area contributed by atoms with Crippen LogP contribution in [0.5, 0.6) is 5.75 Å². The van der Waals surface area contributed by atoms with Crippen molar-refractivity contribution in [1.82, 2.24) is 13.5 Å². The molecule has 7 nitrogen and oxygen atoms in total. The predicted octanol–water partition coefficient (Wildman–Crippen LogP) is 0.805. The summed E-state index contributed by atoms with van der Waals surface area (Å²) in [7, 11) is 1.21. The zero-order chi connectivity index (χ0) is 18.8. The Morgan fingerprint density at radius 1 is 1.12 bits per heavy atom. The monoisotopic (exact) mass is 369 g/mol. The van der Waals surface area contributed by atoms with Crippen LogP contribution in [0.1, 0.15) is 16.7 Å². The van der Waals surface area contributed by atoms with Gasteiger partial charge in [0, 0.05) is 45.8 Å². The molecule has 25 heavy (non-hydrogen) atoms. The number of amides is 1. The molecule has 1 aliphatic heterocycles. The minimum Gasteiger partial charge on any atom is -0.496 e. The first kappa shape index (κ1) is 19.7. The number of methoxy groups -OCH3 is 1. The number of nitrogens with zero attached hydrogens (tertiary/aromatic N) is 3. The van der Waals surface area contributed by atoms with Gasteiger partial charge >= 0.3 is 0 Å². The fourth-order valence-corrected chi connectivity index (χ4v) is 3.94. The maximum atomic E-state index is 12.6. The van der Waals surface area contributed by atoms with E-state index in [1.165, 1.54) is 22.7 Å². The maximum Gasteiger partial charge on any atom is 0.281 e. The Kier molecular flexibility index (Phi) is 6.08. The second-order valence-corrected chi connectivity index (χ2v) is 8.64. The summed E-state index contributed by atoms with van der Waals surface area (Å²) in [6, 6.07) is 3.93. The highest BCUT2D eigenvalue weighted by Gasteiger charge is 2.30. The number of hydrogen-bond acceptors (Lipinski definition) is 4. The van der Waals surface area contributed by atoms with E-state index in [2.05, 4.69) is 0 Å². The number of hydrogen-bond donors (Lipinski definition) is 0. The topological polar surface area (TPSA) is 70.2 Å². The molecule has 1 aromatic carbocycles. The first-order valence-corrected chi connectivity index (χ1v) is 9.66. The van der Waals surface area contributed by atoms with Crippen molar-refractivity contribution in [1.29, 1.82) is 0 Å². The van der Waals surface area contributed by atoms with Gasteiger partial charge in [0.05, 0.1) is 13.5 Å². The van der Waals surface area contributed by atoms with Crippen LogP contribution in [0.3, 0.4) is 0 Å². The van der Waals surface area contributed by atoms with Crippen LogP contribution in [0.25, 0.3) is 0 Å². The first-order chi connectivity index (χ1) is 11.7. The van der Waals surface area contributed by atoms with Crippen molar-refractivity contribution in [2.45, 2.75) is 20.3 Å². The molecule has 140 valence electrons. The van der Waals surface area contributed by atoms with Crippen LogP contribution in [0.15, 0.2) is 12.1 Å². The molecule has 0 aromatic heterocycles. The van der Waals surface area contributed by atoms with Crippen molar-refractivity contribution in [3.05, 3.63) is 28.8 Å². The molecule has 0 bridgehead atoms. The van der Waals surface area contributed by atoms with Gasteiger partial charge in [0.2, 0.25) is 5.91 Å². The average Bonchev–Trinajstić information content (AvgIpc) is 2.57. The standard InChI is InChI=1S/C17H27N3O4S/c1-13-10-15(16(24-5)11-14(13)2)12-17(21)19-6-8-20(9-7-19)25(22,23)18(3)4/h10-11H,6-9,12H2,1-5H3. The smallest absolute Gasteiger partial charge is 0.281 e. The third-order valence-corrected chi connectivity index (χ3v) is 6.56. The van der Waals surface area contributed by atoms with E-state index in [0.29, 0.717) is 31.9 Å². The molecule has 8 heteroatoms. The minimum atomic E-state index is -3.42. The van der Waals surface area contributed by atoms with Gasteiger partial charge in [-0.15, -0.1) is 0 Å². The normalized spacial score (nSPS) is 16.3. The molecule has 0 radical (unpaired) electrons. The molecule has 1 aliphatic rings. The van der Waals surface area contributed by atoms with Crippen molar-refractivity contribution < 1.29 is 17.9 Å². The second kappa shape index (κ2) is 7.72. The largest absolute Gasteiger partial charge is 0.496 e. The van der Waals surface area contributed by atoms with E-state index in [0.717, 1.165) is 16.7 Å². The van der Waals surface area contributed by atoms with Gasteiger partial charge in [-0.05, 0) is 31.0 Å². The first-order valence-electron chi connectivity index (χ1n) is 8.26. The van der Waals surface area contributed by atoms with E-state index in [1.807, 2.05) is 26.0 Å². The summed E-state index contributed by atoms with van der Waals surface area (Å²) in [6.45, 7) is 5.45. The molecule has 1 heterocycles. The van der Waals surface area contributed by atoms with Gasteiger partial charge in [-0.3, -0.25) is 4.79 Å². The third-order valence-electron chi connectivity index (χ3n) is 4.62. The summed E-state index contributed by atoms with van der Waals surface area (Å²) in [6.07, 6.45) is 0.255. The van der Waals surface area contributed by atoms with Crippen LogP contribution in [0.4, 0.5) is 0 Å². The number of rotatable bonds is 5. The second-order valence-electron chi connectivity index (χ2n) is 6.50. The highest BCUT2D eigenvalue weighted by molar-refractivity contribution is 7.86. The minimum absolute atomic E-state index is 0.0107. The fraction of sp³-hybridized carbons (Fsp3) is 0.588. The summed E-state index contributed by atoms with van der Waals surface area (Å²) in [5.74, 6) is 0.703. The number of ether oxygens (including phenoxy) is 1.